The minimum Gasteiger partial charge on any atom is -0.496 e. The summed E-state index contributed by atoms with van der Waals surface area (Å²) < 4.78 is 5.51. The van der Waals surface area contributed by atoms with Gasteiger partial charge in [0.1, 0.15) is 11.4 Å². The van der Waals surface area contributed by atoms with Crippen LogP contribution in [0.25, 0.3) is 10.9 Å². The van der Waals surface area contributed by atoms with Crippen molar-refractivity contribution in [2.45, 2.75) is 33.2 Å². The van der Waals surface area contributed by atoms with E-state index in [1.807, 2.05) is 42.5 Å². The van der Waals surface area contributed by atoms with Crippen molar-refractivity contribution in [3.63, 3.8) is 0 Å². The molecule has 0 unspecified atom stereocenters. The minimum absolute atomic E-state index is 0.117. The largest absolute Gasteiger partial charge is 0.496 e. The van der Waals surface area contributed by atoms with Crippen LogP contribution in [0.5, 0.6) is 5.75 Å². The summed E-state index contributed by atoms with van der Waals surface area (Å²) in [5, 5.41) is 1.09. The number of likely N-dealkylation sites (tertiary alicyclic amines) is 1. The number of rotatable bonds is 8. The number of nitrogens with zero attached hydrogens (tertiary/aromatic N) is 2. The topological polar surface area (TPSA) is 48.6 Å². The summed E-state index contributed by atoms with van der Waals surface area (Å²) in [5.74, 6) is 2.05. The Morgan fingerprint density at radius 1 is 1.12 bits per heavy atom. The van der Waals surface area contributed by atoms with Gasteiger partial charge in [-0.15, -0.1) is 0 Å². The lowest BCUT2D eigenvalue weighted by Crippen LogP contribution is -2.42. The first-order valence-corrected chi connectivity index (χ1v) is 11.7. The van der Waals surface area contributed by atoms with Crippen LogP contribution >= 0.6 is 0 Å². The predicted octanol–water partition coefficient (Wildman–Crippen LogP) is 5.19. The summed E-state index contributed by atoms with van der Waals surface area (Å²) in [7, 11) is 1.73. The highest BCUT2D eigenvalue weighted by atomic mass is 16.5. The smallest absolute Gasteiger partial charge is 0.270 e. The maximum atomic E-state index is 13.4. The zero-order valence-corrected chi connectivity index (χ0v) is 19.5. The average Bonchev–Trinajstić information content (AvgIpc) is 3.24. The molecule has 5 heteroatoms. The van der Waals surface area contributed by atoms with Crippen molar-refractivity contribution in [3.8, 4) is 5.75 Å². The van der Waals surface area contributed by atoms with Gasteiger partial charge in [-0.25, -0.2) is 0 Å². The normalized spacial score (nSPS) is 15.4. The second-order valence-electron chi connectivity index (χ2n) is 9.41. The number of fused-ring (bicyclic) bond motifs is 1. The van der Waals surface area contributed by atoms with E-state index in [-0.39, 0.29) is 5.91 Å². The molecule has 0 aliphatic carbocycles. The molecule has 0 spiro atoms. The number of para-hydroxylation sites is 2. The van der Waals surface area contributed by atoms with Gasteiger partial charge >= 0.3 is 0 Å². The van der Waals surface area contributed by atoms with E-state index >= 15 is 0 Å². The van der Waals surface area contributed by atoms with Crippen molar-refractivity contribution < 1.29 is 9.53 Å². The van der Waals surface area contributed by atoms with Crippen molar-refractivity contribution in [1.29, 1.82) is 0 Å². The summed E-state index contributed by atoms with van der Waals surface area (Å²) >= 11 is 0. The Bertz CT molecular complexity index is 1000. The van der Waals surface area contributed by atoms with Crippen LogP contribution in [0.4, 0.5) is 0 Å². The highest BCUT2D eigenvalue weighted by Crippen LogP contribution is 2.25. The average molecular weight is 434 g/mol. The molecule has 3 aromatic rings. The summed E-state index contributed by atoms with van der Waals surface area (Å²) in [6.45, 7) is 9.01. The molecule has 5 nitrogen and oxygen atoms in total. The van der Waals surface area contributed by atoms with Crippen LogP contribution < -0.4 is 4.74 Å². The third kappa shape index (κ3) is 5.33. The van der Waals surface area contributed by atoms with Gasteiger partial charge in [0.15, 0.2) is 0 Å². The summed E-state index contributed by atoms with van der Waals surface area (Å²) in [6, 6.07) is 18.3. The first-order chi connectivity index (χ1) is 15.5. The van der Waals surface area contributed by atoms with Gasteiger partial charge in [0.25, 0.3) is 5.91 Å². The highest BCUT2D eigenvalue weighted by molar-refractivity contribution is 5.98. The van der Waals surface area contributed by atoms with E-state index < -0.39 is 0 Å². The molecule has 0 saturated carbocycles. The number of methoxy groups -OCH3 is 1. The zero-order chi connectivity index (χ0) is 22.5. The van der Waals surface area contributed by atoms with Crippen LogP contribution in [0.15, 0.2) is 54.6 Å². The van der Waals surface area contributed by atoms with E-state index in [0.29, 0.717) is 17.5 Å². The van der Waals surface area contributed by atoms with Gasteiger partial charge in [0.05, 0.1) is 7.11 Å². The van der Waals surface area contributed by atoms with Gasteiger partial charge in [-0.3, -0.25) is 9.69 Å². The van der Waals surface area contributed by atoms with Crippen molar-refractivity contribution in [1.82, 2.24) is 14.8 Å². The lowest BCUT2D eigenvalue weighted by atomic mass is 9.95. The molecule has 1 fully saturated rings. The maximum Gasteiger partial charge on any atom is 0.270 e. The van der Waals surface area contributed by atoms with Gasteiger partial charge in [0, 0.05) is 36.1 Å². The van der Waals surface area contributed by atoms with E-state index in [9.17, 15) is 4.79 Å². The third-order valence-corrected chi connectivity index (χ3v) is 6.41. The zero-order valence-electron chi connectivity index (χ0n) is 19.5. The molecular formula is C27H35N3O2. The Labute approximate surface area is 191 Å². The van der Waals surface area contributed by atoms with Crippen LogP contribution in [-0.2, 0) is 6.54 Å². The van der Waals surface area contributed by atoms with Gasteiger partial charge in [0.2, 0.25) is 0 Å². The molecule has 0 radical (unpaired) electrons. The second-order valence-corrected chi connectivity index (χ2v) is 9.41. The molecule has 1 amide bonds. The lowest BCUT2D eigenvalue weighted by molar-refractivity contribution is 0.0658. The van der Waals surface area contributed by atoms with Crippen molar-refractivity contribution >= 4 is 16.8 Å². The fourth-order valence-electron chi connectivity index (χ4n) is 4.75. The number of H-pyrrole nitrogens is 1. The predicted molar refractivity (Wildman–Crippen MR) is 130 cm³/mol. The molecule has 0 atom stereocenters. The first kappa shape index (κ1) is 22.4. The number of ether oxygens (including phenoxy) is 1. The number of nitrogens with one attached hydrogen (secondary N) is 1. The monoisotopic (exact) mass is 433 g/mol. The number of carbonyl (C=O) groups is 1. The molecule has 0 bridgehead atoms. The summed E-state index contributed by atoms with van der Waals surface area (Å²) in [6.07, 6.45) is 2.23. The summed E-state index contributed by atoms with van der Waals surface area (Å²) in [4.78, 5) is 21.3. The number of hydrogen-bond donors (Lipinski definition) is 1. The Morgan fingerprint density at radius 3 is 2.56 bits per heavy atom. The van der Waals surface area contributed by atoms with Gasteiger partial charge in [-0.05, 0) is 56.0 Å². The molecule has 2 aromatic carbocycles. The molecule has 1 N–H and O–H groups in total. The Balaban J connectivity index is 1.38. The van der Waals surface area contributed by atoms with Gasteiger partial charge in [-0.1, -0.05) is 50.2 Å². The van der Waals surface area contributed by atoms with Crippen LogP contribution in [0, 0.1) is 11.8 Å². The van der Waals surface area contributed by atoms with E-state index in [1.165, 1.54) is 5.56 Å². The number of aromatic amines is 1. The quantitative estimate of drug-likeness (QED) is 0.532. The SMILES string of the molecule is COc1ccccc1CN1CCC(CN(CC(C)C)C(=O)c2cc3ccccc3[nH]2)CC1. The Hall–Kier alpha value is -2.79. The van der Waals surface area contributed by atoms with E-state index in [0.717, 1.165) is 62.2 Å². The Kier molecular flexibility index (Phi) is 7.15. The number of carbonyl (C=O) groups excluding carboxylic acids is 1. The number of hydrogen-bond acceptors (Lipinski definition) is 3. The number of piperidine rings is 1. The van der Waals surface area contributed by atoms with Crippen LogP contribution in [-0.4, -0.2) is 54.0 Å². The maximum absolute atomic E-state index is 13.4. The molecule has 4 rings (SSSR count). The number of aromatic nitrogens is 1. The van der Waals surface area contributed by atoms with Crippen LogP contribution in [0.2, 0.25) is 0 Å². The molecule has 1 saturated heterocycles. The minimum atomic E-state index is 0.117. The number of benzene rings is 2. The van der Waals surface area contributed by atoms with E-state index in [1.54, 1.807) is 7.11 Å². The van der Waals surface area contributed by atoms with Crippen molar-refractivity contribution in [2.24, 2.45) is 11.8 Å². The van der Waals surface area contributed by atoms with E-state index in [2.05, 4.69) is 40.8 Å². The Morgan fingerprint density at radius 2 is 1.84 bits per heavy atom. The molecule has 1 aliphatic heterocycles. The first-order valence-electron chi connectivity index (χ1n) is 11.7. The number of amides is 1. The molecule has 1 aromatic heterocycles. The standard InChI is InChI=1S/C27H35N3O2/c1-20(2)17-30(27(31)25-16-22-8-4-6-10-24(22)28-25)18-21-12-14-29(15-13-21)19-23-9-5-7-11-26(23)32-3/h4-11,16,20-21,28H,12-15,17-19H2,1-3H3. The van der Waals surface area contributed by atoms with Gasteiger partial charge in [-0.2, -0.15) is 0 Å². The second kappa shape index (κ2) is 10.2. The van der Waals surface area contributed by atoms with Crippen LogP contribution in [0.3, 0.4) is 0 Å². The van der Waals surface area contributed by atoms with Crippen LogP contribution in [0.1, 0.15) is 42.7 Å². The highest BCUT2D eigenvalue weighted by Gasteiger charge is 2.26. The third-order valence-electron chi connectivity index (χ3n) is 6.41. The summed E-state index contributed by atoms with van der Waals surface area (Å²) in [5.41, 5.74) is 2.95. The molecule has 1 aliphatic rings. The van der Waals surface area contributed by atoms with Crippen molar-refractivity contribution in [3.05, 3.63) is 65.9 Å². The molecule has 170 valence electrons. The van der Waals surface area contributed by atoms with E-state index in [4.69, 9.17) is 4.74 Å². The van der Waals surface area contributed by atoms with Crippen molar-refractivity contribution in [2.75, 3.05) is 33.3 Å². The molecular weight excluding hydrogens is 398 g/mol. The lowest BCUT2D eigenvalue weighted by Gasteiger charge is -2.35. The molecule has 32 heavy (non-hydrogen) atoms. The fraction of sp³-hybridized carbons (Fsp3) is 0.444. The van der Waals surface area contributed by atoms with Gasteiger partial charge < -0.3 is 14.6 Å². The fourth-order valence-corrected chi connectivity index (χ4v) is 4.75. The molecule has 2 heterocycles.